The van der Waals surface area contributed by atoms with Crippen LogP contribution in [0.2, 0.25) is 0 Å². The van der Waals surface area contributed by atoms with Gasteiger partial charge in [-0.1, -0.05) is 72.3 Å². The summed E-state index contributed by atoms with van der Waals surface area (Å²) in [4.78, 5) is 27.7. The number of ketones is 1. The van der Waals surface area contributed by atoms with Gasteiger partial charge in [0.25, 0.3) is 5.91 Å². The van der Waals surface area contributed by atoms with Gasteiger partial charge in [0.2, 0.25) is 0 Å². The molecule has 29 heavy (non-hydrogen) atoms. The van der Waals surface area contributed by atoms with E-state index in [9.17, 15) is 14.7 Å². The molecule has 1 heterocycles. The minimum Gasteiger partial charge on any atom is -0.375 e. The van der Waals surface area contributed by atoms with Crippen molar-refractivity contribution in [3.8, 4) is 0 Å². The van der Waals surface area contributed by atoms with Gasteiger partial charge in [0, 0.05) is 11.1 Å². The number of nitrogens with zero attached hydrogens (tertiary/aromatic N) is 1. The lowest BCUT2D eigenvalue weighted by Gasteiger charge is -2.23. The Kier molecular flexibility index (Phi) is 4.81. The molecule has 4 nitrogen and oxygen atoms in total. The van der Waals surface area contributed by atoms with E-state index >= 15 is 0 Å². The van der Waals surface area contributed by atoms with Crippen LogP contribution in [0.25, 0.3) is 0 Å². The Morgan fingerprint density at radius 2 is 1.66 bits per heavy atom. The summed E-state index contributed by atoms with van der Waals surface area (Å²) in [6.07, 6.45) is -0.282. The number of carbonyl (C=O) groups excluding carboxylic acids is 2. The third-order valence-electron chi connectivity index (χ3n) is 5.58. The summed E-state index contributed by atoms with van der Waals surface area (Å²) >= 11 is 0. The lowest BCUT2D eigenvalue weighted by atomic mass is 9.88. The van der Waals surface area contributed by atoms with Gasteiger partial charge in [-0.15, -0.1) is 0 Å². The van der Waals surface area contributed by atoms with Crippen LogP contribution in [-0.2, 0) is 16.9 Å². The van der Waals surface area contributed by atoms with Gasteiger partial charge in [0.05, 0.1) is 18.7 Å². The first-order valence-electron chi connectivity index (χ1n) is 9.68. The molecule has 1 atom stereocenters. The zero-order valence-corrected chi connectivity index (χ0v) is 16.6. The molecule has 4 rings (SSSR count). The molecule has 0 saturated heterocycles. The number of rotatable bonds is 5. The summed E-state index contributed by atoms with van der Waals surface area (Å²) in [5.41, 5.74) is 3.02. The number of amides is 1. The molecule has 0 saturated carbocycles. The van der Waals surface area contributed by atoms with Crippen molar-refractivity contribution in [3.63, 3.8) is 0 Å². The second kappa shape index (κ2) is 7.30. The zero-order valence-electron chi connectivity index (χ0n) is 16.6. The summed E-state index contributed by atoms with van der Waals surface area (Å²) in [6.45, 7) is 4.39. The quantitative estimate of drug-likeness (QED) is 0.666. The predicted molar refractivity (Wildman–Crippen MR) is 113 cm³/mol. The van der Waals surface area contributed by atoms with Crippen LogP contribution in [-0.4, -0.2) is 16.8 Å². The van der Waals surface area contributed by atoms with Crippen LogP contribution in [0.15, 0.2) is 72.8 Å². The number of hydrogen-bond acceptors (Lipinski definition) is 3. The molecule has 146 valence electrons. The molecule has 0 bridgehead atoms. The lowest BCUT2D eigenvalue weighted by molar-refractivity contribution is -0.136. The number of hydrogen-bond donors (Lipinski definition) is 1. The highest BCUT2D eigenvalue weighted by Gasteiger charge is 2.50. The molecule has 1 amide bonds. The molecule has 4 heteroatoms. The predicted octanol–water partition coefficient (Wildman–Crippen LogP) is 4.31. The average Bonchev–Trinajstić information content (AvgIpc) is 2.92. The molecule has 3 aromatic rings. The van der Waals surface area contributed by atoms with E-state index in [1.54, 1.807) is 41.3 Å². The van der Waals surface area contributed by atoms with Crippen molar-refractivity contribution in [1.82, 2.24) is 0 Å². The van der Waals surface area contributed by atoms with Crippen molar-refractivity contribution >= 4 is 17.4 Å². The van der Waals surface area contributed by atoms with Crippen LogP contribution in [0.3, 0.4) is 0 Å². The van der Waals surface area contributed by atoms with Gasteiger partial charge in [0.1, 0.15) is 0 Å². The van der Waals surface area contributed by atoms with Crippen LogP contribution in [0.4, 0.5) is 5.69 Å². The molecule has 0 unspecified atom stereocenters. The molecular formula is C25H23NO3. The molecule has 0 fully saturated rings. The van der Waals surface area contributed by atoms with Gasteiger partial charge in [-0.2, -0.15) is 0 Å². The first kappa shape index (κ1) is 19.1. The number of aliphatic hydroxyl groups is 1. The SMILES string of the molecule is Cc1ccc(CN2C(=O)[C@@](O)(CC(=O)c3ccccc3)c3ccccc32)c(C)c1. The largest absolute Gasteiger partial charge is 0.375 e. The molecule has 3 aromatic carbocycles. The first-order chi connectivity index (χ1) is 13.9. The van der Waals surface area contributed by atoms with Crippen LogP contribution < -0.4 is 4.90 Å². The molecule has 0 spiro atoms. The van der Waals surface area contributed by atoms with Gasteiger partial charge in [0.15, 0.2) is 11.4 Å². The third-order valence-corrected chi connectivity index (χ3v) is 5.58. The fraction of sp³-hybridized carbons (Fsp3) is 0.200. The molecule has 0 aliphatic carbocycles. The summed E-state index contributed by atoms with van der Waals surface area (Å²) in [7, 11) is 0. The highest BCUT2D eigenvalue weighted by molar-refractivity contribution is 6.10. The Hall–Kier alpha value is -3.24. The van der Waals surface area contributed by atoms with Crippen molar-refractivity contribution in [3.05, 3.63) is 101 Å². The van der Waals surface area contributed by atoms with Gasteiger partial charge in [-0.05, 0) is 31.0 Å². The normalized spacial score (nSPS) is 18.0. The van der Waals surface area contributed by atoms with E-state index in [2.05, 4.69) is 6.07 Å². The van der Waals surface area contributed by atoms with Crippen LogP contribution in [0.1, 0.15) is 39.0 Å². The standard InChI is InChI=1S/C25H23NO3/c1-17-12-13-20(18(2)14-17)16-26-22-11-7-6-10-21(22)25(29,24(26)28)15-23(27)19-8-4-3-5-9-19/h3-14,29H,15-16H2,1-2H3/t25-/m1/s1. The summed E-state index contributed by atoms with van der Waals surface area (Å²) < 4.78 is 0. The Balaban J connectivity index is 1.69. The van der Waals surface area contributed by atoms with Gasteiger partial charge in [-0.3, -0.25) is 9.59 Å². The van der Waals surface area contributed by atoms with Gasteiger partial charge >= 0.3 is 0 Å². The second-order valence-electron chi connectivity index (χ2n) is 7.66. The van der Waals surface area contributed by atoms with E-state index in [0.29, 0.717) is 23.4 Å². The van der Waals surface area contributed by atoms with Gasteiger partial charge < -0.3 is 10.0 Å². The topological polar surface area (TPSA) is 57.6 Å². The smallest absolute Gasteiger partial charge is 0.264 e. The maximum absolute atomic E-state index is 13.4. The van der Waals surface area contributed by atoms with Crippen LogP contribution in [0, 0.1) is 13.8 Å². The number of anilines is 1. The number of para-hydroxylation sites is 1. The van der Waals surface area contributed by atoms with E-state index in [1.807, 2.05) is 44.2 Å². The van der Waals surface area contributed by atoms with E-state index < -0.39 is 11.5 Å². The Bertz CT molecular complexity index is 1090. The Morgan fingerprint density at radius 3 is 2.38 bits per heavy atom. The number of Topliss-reactive ketones (excluding diaryl/α,β-unsaturated/α-hetero) is 1. The monoisotopic (exact) mass is 385 g/mol. The summed E-state index contributed by atoms with van der Waals surface area (Å²) in [6, 6.07) is 22.0. The second-order valence-corrected chi connectivity index (χ2v) is 7.66. The molecule has 1 N–H and O–H groups in total. The highest BCUT2D eigenvalue weighted by atomic mass is 16.3. The van der Waals surface area contributed by atoms with E-state index in [4.69, 9.17) is 0 Å². The Labute approximate surface area is 170 Å². The maximum Gasteiger partial charge on any atom is 0.264 e. The van der Waals surface area contributed by atoms with E-state index in [0.717, 1.165) is 16.7 Å². The molecule has 0 aromatic heterocycles. The van der Waals surface area contributed by atoms with Crippen molar-refractivity contribution in [2.24, 2.45) is 0 Å². The summed E-state index contributed by atoms with van der Waals surface area (Å²) in [5.74, 6) is -0.715. The third kappa shape index (κ3) is 3.36. The number of aryl methyl sites for hydroxylation is 2. The number of benzene rings is 3. The van der Waals surface area contributed by atoms with E-state index in [-0.39, 0.29) is 12.2 Å². The van der Waals surface area contributed by atoms with Crippen LogP contribution in [0.5, 0.6) is 0 Å². The number of fused-ring (bicyclic) bond motifs is 1. The lowest BCUT2D eigenvalue weighted by Crippen LogP contribution is -2.41. The van der Waals surface area contributed by atoms with Crippen molar-refractivity contribution in [1.29, 1.82) is 0 Å². The summed E-state index contributed by atoms with van der Waals surface area (Å²) in [5, 5.41) is 11.4. The highest BCUT2D eigenvalue weighted by Crippen LogP contribution is 2.43. The number of carbonyl (C=O) groups is 2. The fourth-order valence-electron chi connectivity index (χ4n) is 3.99. The minimum atomic E-state index is -1.86. The molecular weight excluding hydrogens is 362 g/mol. The fourth-order valence-corrected chi connectivity index (χ4v) is 3.99. The van der Waals surface area contributed by atoms with E-state index in [1.165, 1.54) is 0 Å². The zero-order chi connectivity index (χ0) is 20.6. The first-order valence-corrected chi connectivity index (χ1v) is 9.68. The molecule has 1 aliphatic rings. The molecule has 0 radical (unpaired) electrons. The Morgan fingerprint density at radius 1 is 0.966 bits per heavy atom. The minimum absolute atomic E-state index is 0.260. The van der Waals surface area contributed by atoms with Crippen LogP contribution >= 0.6 is 0 Å². The van der Waals surface area contributed by atoms with Crippen molar-refractivity contribution in [2.45, 2.75) is 32.4 Å². The average molecular weight is 385 g/mol. The van der Waals surface area contributed by atoms with Gasteiger partial charge in [-0.25, -0.2) is 0 Å². The molecule has 1 aliphatic heterocycles. The maximum atomic E-state index is 13.4. The van der Waals surface area contributed by atoms with Crippen molar-refractivity contribution in [2.75, 3.05) is 4.90 Å². The van der Waals surface area contributed by atoms with Crippen molar-refractivity contribution < 1.29 is 14.7 Å².